The van der Waals surface area contributed by atoms with Crippen LogP contribution in [0.2, 0.25) is 5.02 Å². The van der Waals surface area contributed by atoms with E-state index in [0.29, 0.717) is 16.1 Å². The SMILES string of the molecule is Cc1ccc(F)c(C(=O)c2cccc(Cl)c2C)c1. The quantitative estimate of drug-likeness (QED) is 0.737. The summed E-state index contributed by atoms with van der Waals surface area (Å²) in [7, 11) is 0. The van der Waals surface area contributed by atoms with E-state index in [1.54, 1.807) is 37.3 Å². The molecule has 3 heteroatoms. The van der Waals surface area contributed by atoms with Gasteiger partial charge >= 0.3 is 0 Å². The fourth-order valence-electron chi connectivity index (χ4n) is 1.81. The van der Waals surface area contributed by atoms with Crippen molar-refractivity contribution in [1.29, 1.82) is 0 Å². The van der Waals surface area contributed by atoms with Crippen molar-refractivity contribution >= 4 is 17.4 Å². The molecule has 18 heavy (non-hydrogen) atoms. The van der Waals surface area contributed by atoms with Crippen LogP contribution in [0.4, 0.5) is 4.39 Å². The van der Waals surface area contributed by atoms with E-state index in [4.69, 9.17) is 11.6 Å². The van der Waals surface area contributed by atoms with Crippen LogP contribution in [-0.4, -0.2) is 5.78 Å². The molecule has 0 radical (unpaired) electrons. The molecule has 1 nitrogen and oxygen atoms in total. The van der Waals surface area contributed by atoms with Gasteiger partial charge in [-0.2, -0.15) is 0 Å². The first kappa shape index (κ1) is 12.8. The van der Waals surface area contributed by atoms with Gasteiger partial charge in [-0.15, -0.1) is 0 Å². The molecule has 0 bridgehead atoms. The first-order chi connectivity index (χ1) is 8.50. The molecule has 0 atom stereocenters. The topological polar surface area (TPSA) is 17.1 Å². The van der Waals surface area contributed by atoms with Gasteiger partial charge in [0.25, 0.3) is 0 Å². The number of ketones is 1. The summed E-state index contributed by atoms with van der Waals surface area (Å²) in [6.07, 6.45) is 0. The zero-order chi connectivity index (χ0) is 13.3. The third-order valence-corrected chi connectivity index (χ3v) is 3.29. The van der Waals surface area contributed by atoms with E-state index in [1.807, 2.05) is 6.92 Å². The summed E-state index contributed by atoms with van der Waals surface area (Å²) >= 11 is 5.97. The molecule has 0 spiro atoms. The fraction of sp³-hybridized carbons (Fsp3) is 0.133. The minimum Gasteiger partial charge on any atom is -0.288 e. The Kier molecular flexibility index (Phi) is 3.48. The second-order valence-corrected chi connectivity index (χ2v) is 4.63. The normalized spacial score (nSPS) is 10.4. The van der Waals surface area contributed by atoms with Crippen molar-refractivity contribution in [3.63, 3.8) is 0 Å². The van der Waals surface area contributed by atoms with Crippen molar-refractivity contribution < 1.29 is 9.18 Å². The Hall–Kier alpha value is -1.67. The van der Waals surface area contributed by atoms with Crippen LogP contribution in [0.25, 0.3) is 0 Å². The predicted molar refractivity (Wildman–Crippen MR) is 70.8 cm³/mol. The maximum absolute atomic E-state index is 13.7. The Balaban J connectivity index is 2.55. The van der Waals surface area contributed by atoms with Crippen molar-refractivity contribution in [3.8, 4) is 0 Å². The molecule has 0 heterocycles. The van der Waals surface area contributed by atoms with Crippen LogP contribution >= 0.6 is 11.6 Å². The second-order valence-electron chi connectivity index (χ2n) is 4.22. The monoisotopic (exact) mass is 262 g/mol. The summed E-state index contributed by atoms with van der Waals surface area (Å²) in [6, 6.07) is 9.55. The third-order valence-electron chi connectivity index (χ3n) is 2.88. The van der Waals surface area contributed by atoms with Gasteiger partial charge in [0.2, 0.25) is 0 Å². The van der Waals surface area contributed by atoms with Crippen LogP contribution in [-0.2, 0) is 0 Å². The third kappa shape index (κ3) is 2.29. The Morgan fingerprint density at radius 3 is 2.56 bits per heavy atom. The van der Waals surface area contributed by atoms with E-state index >= 15 is 0 Å². The Morgan fingerprint density at radius 1 is 1.11 bits per heavy atom. The molecule has 2 aromatic carbocycles. The number of aryl methyl sites for hydroxylation is 1. The summed E-state index contributed by atoms with van der Waals surface area (Å²) in [5.41, 5.74) is 2.04. The molecule has 0 aliphatic heterocycles. The van der Waals surface area contributed by atoms with Gasteiger partial charge in [-0.05, 0) is 37.6 Å². The average Bonchev–Trinajstić information content (AvgIpc) is 2.35. The number of carbonyl (C=O) groups excluding carboxylic acids is 1. The maximum Gasteiger partial charge on any atom is 0.196 e. The van der Waals surface area contributed by atoms with Gasteiger partial charge in [-0.3, -0.25) is 4.79 Å². The summed E-state index contributed by atoms with van der Waals surface area (Å²) in [5.74, 6) is -0.846. The smallest absolute Gasteiger partial charge is 0.196 e. The Labute approximate surface area is 110 Å². The lowest BCUT2D eigenvalue weighted by Crippen LogP contribution is -2.06. The van der Waals surface area contributed by atoms with Crippen molar-refractivity contribution in [3.05, 3.63) is 69.5 Å². The van der Waals surface area contributed by atoms with Gasteiger partial charge in [0.05, 0.1) is 5.56 Å². The summed E-state index contributed by atoms with van der Waals surface area (Å²) < 4.78 is 13.7. The molecule has 0 aromatic heterocycles. The largest absolute Gasteiger partial charge is 0.288 e. The van der Waals surface area contributed by atoms with Crippen LogP contribution in [0, 0.1) is 19.7 Å². The molecule has 2 aromatic rings. The number of benzene rings is 2. The fourth-order valence-corrected chi connectivity index (χ4v) is 1.99. The molecule has 0 aliphatic carbocycles. The predicted octanol–water partition coefficient (Wildman–Crippen LogP) is 4.33. The van der Waals surface area contributed by atoms with Crippen molar-refractivity contribution in [2.45, 2.75) is 13.8 Å². The zero-order valence-corrected chi connectivity index (χ0v) is 10.9. The number of rotatable bonds is 2. The van der Waals surface area contributed by atoms with Crippen molar-refractivity contribution in [2.24, 2.45) is 0 Å². The van der Waals surface area contributed by atoms with E-state index in [1.165, 1.54) is 6.07 Å². The van der Waals surface area contributed by atoms with Crippen LogP contribution in [0.1, 0.15) is 27.0 Å². The van der Waals surface area contributed by atoms with Gasteiger partial charge in [0.1, 0.15) is 5.82 Å². The van der Waals surface area contributed by atoms with Gasteiger partial charge in [0.15, 0.2) is 5.78 Å². The summed E-state index contributed by atoms with van der Waals surface area (Å²) in [6.45, 7) is 3.57. The van der Waals surface area contributed by atoms with Crippen LogP contribution in [0.3, 0.4) is 0 Å². The van der Waals surface area contributed by atoms with E-state index in [0.717, 1.165) is 5.56 Å². The molecular weight excluding hydrogens is 251 g/mol. The number of halogens is 2. The first-order valence-electron chi connectivity index (χ1n) is 5.56. The lowest BCUT2D eigenvalue weighted by molar-refractivity contribution is 0.103. The highest BCUT2D eigenvalue weighted by molar-refractivity contribution is 6.32. The Morgan fingerprint density at radius 2 is 1.83 bits per heavy atom. The molecule has 0 saturated heterocycles. The van der Waals surface area contributed by atoms with Gasteiger partial charge in [-0.1, -0.05) is 35.4 Å². The summed E-state index contributed by atoms with van der Waals surface area (Å²) in [5, 5.41) is 0.508. The molecule has 0 fully saturated rings. The molecule has 0 N–H and O–H groups in total. The maximum atomic E-state index is 13.7. The number of hydrogen-bond acceptors (Lipinski definition) is 1. The molecule has 0 saturated carbocycles. The zero-order valence-electron chi connectivity index (χ0n) is 10.1. The van der Waals surface area contributed by atoms with Crippen LogP contribution in [0.5, 0.6) is 0 Å². The van der Waals surface area contributed by atoms with E-state index < -0.39 is 5.82 Å². The minimum absolute atomic E-state index is 0.0837. The molecule has 0 amide bonds. The van der Waals surface area contributed by atoms with Crippen molar-refractivity contribution in [2.75, 3.05) is 0 Å². The molecule has 2 rings (SSSR count). The van der Waals surface area contributed by atoms with E-state index in [-0.39, 0.29) is 11.3 Å². The number of carbonyl (C=O) groups is 1. The van der Waals surface area contributed by atoms with Crippen LogP contribution in [0.15, 0.2) is 36.4 Å². The molecular formula is C15H12ClFO. The van der Waals surface area contributed by atoms with E-state index in [9.17, 15) is 9.18 Å². The van der Waals surface area contributed by atoms with Crippen molar-refractivity contribution in [1.82, 2.24) is 0 Å². The standard InChI is InChI=1S/C15H12ClFO/c1-9-6-7-14(17)12(8-9)15(18)11-4-3-5-13(16)10(11)2/h3-8H,1-2H3. The lowest BCUT2D eigenvalue weighted by atomic mass is 9.97. The highest BCUT2D eigenvalue weighted by Gasteiger charge is 2.16. The first-order valence-corrected chi connectivity index (χ1v) is 5.94. The average molecular weight is 263 g/mol. The number of hydrogen-bond donors (Lipinski definition) is 0. The highest BCUT2D eigenvalue weighted by atomic mass is 35.5. The molecule has 92 valence electrons. The second kappa shape index (κ2) is 4.91. The minimum atomic E-state index is -0.509. The van der Waals surface area contributed by atoms with Gasteiger partial charge in [-0.25, -0.2) is 4.39 Å². The van der Waals surface area contributed by atoms with Crippen LogP contribution < -0.4 is 0 Å². The Bertz CT molecular complexity index is 616. The summed E-state index contributed by atoms with van der Waals surface area (Å²) in [4.78, 5) is 12.3. The van der Waals surface area contributed by atoms with E-state index in [2.05, 4.69) is 0 Å². The van der Waals surface area contributed by atoms with Gasteiger partial charge < -0.3 is 0 Å². The lowest BCUT2D eigenvalue weighted by Gasteiger charge is -2.08. The molecule has 0 unspecified atom stereocenters. The highest BCUT2D eigenvalue weighted by Crippen LogP contribution is 2.22. The molecule has 0 aliphatic rings. The van der Waals surface area contributed by atoms with Gasteiger partial charge in [0, 0.05) is 10.6 Å².